The number of aromatic amines is 1. The molecule has 1 aromatic heterocycles. The first-order valence-electron chi connectivity index (χ1n) is 7.44. The molecule has 0 fully saturated rings. The third-order valence-corrected chi connectivity index (χ3v) is 4.47. The van der Waals surface area contributed by atoms with Crippen LogP contribution in [0.4, 0.5) is 0 Å². The zero-order valence-corrected chi connectivity index (χ0v) is 15.0. The molecular weight excluding hydrogens is 367 g/mol. The van der Waals surface area contributed by atoms with E-state index in [-0.39, 0.29) is 6.10 Å². The topological polar surface area (TPSA) is 28.9 Å². The van der Waals surface area contributed by atoms with Gasteiger partial charge in [0, 0.05) is 20.6 Å². The van der Waals surface area contributed by atoms with E-state index in [9.17, 15) is 0 Å². The van der Waals surface area contributed by atoms with Gasteiger partial charge in [-0.05, 0) is 29.8 Å². The van der Waals surface area contributed by atoms with E-state index in [0.29, 0.717) is 28.2 Å². The van der Waals surface area contributed by atoms with Crippen LogP contribution in [0.1, 0.15) is 17.2 Å². The summed E-state index contributed by atoms with van der Waals surface area (Å²) < 4.78 is 8.15. The van der Waals surface area contributed by atoms with Gasteiger partial charge in [0.15, 0.2) is 0 Å². The van der Waals surface area contributed by atoms with Crippen LogP contribution in [-0.2, 0) is 17.9 Å². The molecule has 0 radical (unpaired) electrons. The first-order chi connectivity index (χ1) is 11.6. The van der Waals surface area contributed by atoms with Crippen LogP contribution in [0, 0.1) is 0 Å². The molecule has 2 aromatic carbocycles. The molecule has 1 atom stereocenters. The summed E-state index contributed by atoms with van der Waals surface area (Å²) in [5.41, 5.74) is 1.96. The van der Waals surface area contributed by atoms with E-state index in [1.54, 1.807) is 6.07 Å². The fraction of sp³-hybridized carbons (Fsp3) is 0.167. The lowest BCUT2D eigenvalue weighted by Crippen LogP contribution is -2.35. The molecule has 0 aliphatic rings. The van der Waals surface area contributed by atoms with Crippen molar-refractivity contribution in [3.8, 4) is 0 Å². The predicted octanol–water partition coefficient (Wildman–Crippen LogP) is 5.22. The summed E-state index contributed by atoms with van der Waals surface area (Å²) in [5.74, 6) is 0. The number of aromatic nitrogens is 2. The number of benzene rings is 2. The molecule has 0 aliphatic heterocycles. The van der Waals surface area contributed by atoms with E-state index in [4.69, 9.17) is 39.5 Å². The molecule has 3 nitrogen and oxygen atoms in total. The van der Waals surface area contributed by atoms with E-state index >= 15 is 0 Å². The maximum atomic E-state index is 6.37. The lowest BCUT2D eigenvalue weighted by molar-refractivity contribution is -0.704. The van der Waals surface area contributed by atoms with Crippen LogP contribution in [0.3, 0.4) is 0 Å². The average molecular weight is 383 g/mol. The molecule has 1 N–H and O–H groups in total. The highest BCUT2D eigenvalue weighted by molar-refractivity contribution is 6.35. The minimum Gasteiger partial charge on any atom is -0.365 e. The van der Waals surface area contributed by atoms with E-state index in [1.807, 2.05) is 59.7 Å². The van der Waals surface area contributed by atoms with Crippen molar-refractivity contribution in [2.75, 3.05) is 0 Å². The zero-order chi connectivity index (χ0) is 16.9. The Kier molecular flexibility index (Phi) is 5.80. The molecular formula is C18H16Cl3N2O+. The van der Waals surface area contributed by atoms with Gasteiger partial charge in [0.2, 0.25) is 6.33 Å². The van der Waals surface area contributed by atoms with E-state index in [2.05, 4.69) is 4.98 Å². The van der Waals surface area contributed by atoms with Crippen molar-refractivity contribution in [1.82, 2.24) is 4.98 Å². The predicted molar refractivity (Wildman–Crippen MR) is 96.4 cm³/mol. The van der Waals surface area contributed by atoms with E-state index in [0.717, 1.165) is 11.1 Å². The number of hydrogen-bond acceptors (Lipinski definition) is 1. The zero-order valence-electron chi connectivity index (χ0n) is 12.8. The summed E-state index contributed by atoms with van der Waals surface area (Å²) in [6, 6.07) is 13.1. The molecule has 0 saturated carbocycles. The third kappa shape index (κ3) is 4.52. The van der Waals surface area contributed by atoms with Crippen LogP contribution in [0.2, 0.25) is 15.1 Å². The molecule has 0 spiro atoms. The van der Waals surface area contributed by atoms with Crippen molar-refractivity contribution < 1.29 is 9.30 Å². The number of nitrogens with zero attached hydrogens (tertiary/aromatic N) is 1. The molecule has 0 bridgehead atoms. The van der Waals surface area contributed by atoms with Crippen molar-refractivity contribution in [3.05, 3.63) is 87.4 Å². The van der Waals surface area contributed by atoms with Crippen molar-refractivity contribution in [2.24, 2.45) is 0 Å². The smallest absolute Gasteiger partial charge is 0.241 e. The van der Waals surface area contributed by atoms with Crippen LogP contribution < -0.4 is 4.57 Å². The van der Waals surface area contributed by atoms with Crippen molar-refractivity contribution in [3.63, 3.8) is 0 Å². The van der Waals surface area contributed by atoms with Crippen LogP contribution in [0.25, 0.3) is 0 Å². The van der Waals surface area contributed by atoms with Gasteiger partial charge < -0.3 is 4.74 Å². The Morgan fingerprint density at radius 3 is 2.42 bits per heavy atom. The second kappa shape index (κ2) is 8.04. The molecule has 6 heteroatoms. The van der Waals surface area contributed by atoms with Gasteiger partial charge in [-0.25, -0.2) is 4.57 Å². The minimum absolute atomic E-state index is 0.203. The van der Waals surface area contributed by atoms with E-state index < -0.39 is 0 Å². The minimum atomic E-state index is -0.203. The molecule has 0 amide bonds. The lowest BCUT2D eigenvalue weighted by atomic mass is 10.1. The largest absolute Gasteiger partial charge is 0.365 e. The van der Waals surface area contributed by atoms with Crippen LogP contribution in [0.5, 0.6) is 0 Å². The van der Waals surface area contributed by atoms with E-state index in [1.165, 1.54) is 0 Å². The maximum Gasteiger partial charge on any atom is 0.241 e. The molecule has 0 aliphatic carbocycles. The van der Waals surface area contributed by atoms with Crippen LogP contribution >= 0.6 is 34.8 Å². The quantitative estimate of drug-likeness (QED) is 0.582. The second-order valence-corrected chi connectivity index (χ2v) is 6.68. The fourth-order valence-electron chi connectivity index (χ4n) is 2.41. The standard InChI is InChI=1S/C18H15Cl3N2O/c19-14-3-1-13(2-4-14)11-24-18(10-23-8-7-22-12-23)16-6-5-15(20)9-17(16)21/h1-9,12,18H,10-11H2/p+1/t18-/m1/s1. The van der Waals surface area contributed by atoms with Gasteiger partial charge >= 0.3 is 0 Å². The molecule has 24 heavy (non-hydrogen) atoms. The molecule has 124 valence electrons. The summed E-state index contributed by atoms with van der Waals surface area (Å²) in [6.07, 6.45) is 5.48. The summed E-state index contributed by atoms with van der Waals surface area (Å²) in [5, 5.41) is 1.91. The highest BCUT2D eigenvalue weighted by atomic mass is 35.5. The summed E-state index contributed by atoms with van der Waals surface area (Å²) >= 11 is 18.3. The van der Waals surface area contributed by atoms with Gasteiger partial charge in [0.25, 0.3) is 0 Å². The summed E-state index contributed by atoms with van der Waals surface area (Å²) in [6.45, 7) is 1.10. The van der Waals surface area contributed by atoms with Crippen molar-refractivity contribution in [2.45, 2.75) is 19.3 Å². The molecule has 0 unspecified atom stereocenters. The fourth-order valence-corrected chi connectivity index (χ4v) is 3.06. The number of hydrogen-bond donors (Lipinski definition) is 1. The Bertz CT molecular complexity index is 789. The van der Waals surface area contributed by atoms with Gasteiger partial charge in [0.1, 0.15) is 25.0 Å². The first-order valence-corrected chi connectivity index (χ1v) is 8.58. The number of nitrogens with one attached hydrogen (secondary N) is 1. The first kappa shape index (κ1) is 17.3. The third-order valence-electron chi connectivity index (χ3n) is 3.65. The normalized spacial score (nSPS) is 12.3. The van der Waals surface area contributed by atoms with Gasteiger partial charge in [-0.1, -0.05) is 53.0 Å². The van der Waals surface area contributed by atoms with Gasteiger partial charge in [-0.15, -0.1) is 0 Å². The SMILES string of the molecule is Clc1ccc(CO[C@H](C[n+]2cc[nH]c2)c2ccc(Cl)cc2Cl)cc1. The van der Waals surface area contributed by atoms with Crippen LogP contribution in [0.15, 0.2) is 61.2 Å². The highest BCUT2D eigenvalue weighted by Gasteiger charge is 2.19. The Morgan fingerprint density at radius 1 is 1.00 bits per heavy atom. The molecule has 3 rings (SSSR count). The molecule has 1 heterocycles. The number of imidazole rings is 1. The number of rotatable bonds is 6. The van der Waals surface area contributed by atoms with Crippen molar-refractivity contribution in [1.29, 1.82) is 0 Å². The monoisotopic (exact) mass is 381 g/mol. The Labute approximate surface area is 155 Å². The number of ether oxygens (including phenoxy) is 1. The van der Waals surface area contributed by atoms with Gasteiger partial charge in [0.05, 0.1) is 6.61 Å². The number of halogens is 3. The van der Waals surface area contributed by atoms with Crippen molar-refractivity contribution >= 4 is 34.8 Å². The molecule has 3 aromatic rings. The Hall–Kier alpha value is -1.52. The van der Waals surface area contributed by atoms with Gasteiger partial charge in [-0.2, -0.15) is 0 Å². The summed E-state index contributed by atoms with van der Waals surface area (Å²) in [4.78, 5) is 3.03. The Morgan fingerprint density at radius 2 is 1.75 bits per heavy atom. The number of H-pyrrole nitrogens is 1. The Balaban J connectivity index is 1.80. The summed E-state index contributed by atoms with van der Waals surface area (Å²) in [7, 11) is 0. The average Bonchev–Trinajstić information content (AvgIpc) is 3.06. The maximum absolute atomic E-state index is 6.37. The highest BCUT2D eigenvalue weighted by Crippen LogP contribution is 2.29. The van der Waals surface area contributed by atoms with Gasteiger partial charge in [-0.3, -0.25) is 4.98 Å². The molecule has 0 saturated heterocycles. The lowest BCUT2D eigenvalue weighted by Gasteiger charge is -2.18. The van der Waals surface area contributed by atoms with Crippen LogP contribution in [-0.4, -0.2) is 4.98 Å². The second-order valence-electron chi connectivity index (χ2n) is 5.40.